The molecule has 1 aromatic rings. The number of morpholine rings is 1. The van der Waals surface area contributed by atoms with Gasteiger partial charge in [-0.15, -0.1) is 0 Å². The summed E-state index contributed by atoms with van der Waals surface area (Å²) in [5, 5.41) is 3.02. The van der Waals surface area contributed by atoms with Crippen LogP contribution in [0.15, 0.2) is 16.6 Å². The van der Waals surface area contributed by atoms with Gasteiger partial charge in [-0.25, -0.2) is 8.78 Å². The highest BCUT2D eigenvalue weighted by molar-refractivity contribution is 9.10. The molecule has 0 radical (unpaired) electrons. The van der Waals surface area contributed by atoms with E-state index in [2.05, 4.69) is 21.2 Å². The Hall–Kier alpha value is -0.520. The standard InChI is InChI=1S/C10H10BrF2NO/c11-6-1-2-7(12)9(10(6)13)8-5-15-4-3-14-8/h1-2,8,14H,3-5H2/t8-/m1/s1. The quantitative estimate of drug-likeness (QED) is 0.796. The molecule has 1 aromatic carbocycles. The molecular formula is C10H10BrF2NO. The van der Waals surface area contributed by atoms with Crippen LogP contribution >= 0.6 is 15.9 Å². The molecule has 1 atom stereocenters. The van der Waals surface area contributed by atoms with Crippen molar-refractivity contribution in [3.8, 4) is 0 Å². The molecule has 2 rings (SSSR count). The first-order valence-electron chi connectivity index (χ1n) is 4.64. The van der Waals surface area contributed by atoms with Crippen LogP contribution in [-0.2, 0) is 4.74 Å². The molecule has 5 heteroatoms. The van der Waals surface area contributed by atoms with Gasteiger partial charge in [-0.3, -0.25) is 0 Å². The zero-order valence-electron chi connectivity index (χ0n) is 7.90. The minimum Gasteiger partial charge on any atom is -0.378 e. The van der Waals surface area contributed by atoms with E-state index in [9.17, 15) is 8.78 Å². The second-order valence-corrected chi connectivity index (χ2v) is 4.19. The number of nitrogens with one attached hydrogen (secondary N) is 1. The third kappa shape index (κ3) is 2.19. The molecule has 15 heavy (non-hydrogen) atoms. The molecule has 0 unspecified atom stereocenters. The van der Waals surface area contributed by atoms with Gasteiger partial charge >= 0.3 is 0 Å². The molecule has 1 aliphatic rings. The smallest absolute Gasteiger partial charge is 0.145 e. The lowest BCUT2D eigenvalue weighted by molar-refractivity contribution is 0.0745. The van der Waals surface area contributed by atoms with Gasteiger partial charge in [0.05, 0.1) is 23.7 Å². The molecule has 0 saturated carbocycles. The van der Waals surface area contributed by atoms with Gasteiger partial charge in [0, 0.05) is 12.1 Å². The number of hydrogen-bond acceptors (Lipinski definition) is 2. The molecule has 0 bridgehead atoms. The van der Waals surface area contributed by atoms with Crippen molar-refractivity contribution in [2.24, 2.45) is 0 Å². The first kappa shape index (κ1) is 11.0. The van der Waals surface area contributed by atoms with Crippen molar-refractivity contribution in [1.82, 2.24) is 5.32 Å². The van der Waals surface area contributed by atoms with Gasteiger partial charge in [0.25, 0.3) is 0 Å². The van der Waals surface area contributed by atoms with E-state index in [0.717, 1.165) is 0 Å². The largest absolute Gasteiger partial charge is 0.378 e. The fourth-order valence-corrected chi connectivity index (χ4v) is 1.96. The summed E-state index contributed by atoms with van der Waals surface area (Å²) in [5.74, 6) is -1.10. The normalized spacial score (nSPS) is 21.7. The lowest BCUT2D eigenvalue weighted by Crippen LogP contribution is -2.35. The molecule has 1 N–H and O–H groups in total. The predicted molar refractivity (Wildman–Crippen MR) is 55.6 cm³/mol. The van der Waals surface area contributed by atoms with Crippen molar-refractivity contribution < 1.29 is 13.5 Å². The highest BCUT2D eigenvalue weighted by Gasteiger charge is 2.23. The van der Waals surface area contributed by atoms with Crippen LogP contribution in [0.1, 0.15) is 11.6 Å². The molecule has 1 fully saturated rings. The maximum Gasteiger partial charge on any atom is 0.145 e. The maximum absolute atomic E-state index is 13.7. The molecule has 0 aromatic heterocycles. The summed E-state index contributed by atoms with van der Waals surface area (Å²) < 4.78 is 32.6. The van der Waals surface area contributed by atoms with Gasteiger partial charge in [-0.05, 0) is 28.1 Å². The van der Waals surface area contributed by atoms with Gasteiger partial charge < -0.3 is 10.1 Å². The van der Waals surface area contributed by atoms with Crippen LogP contribution in [0.2, 0.25) is 0 Å². The topological polar surface area (TPSA) is 21.3 Å². The van der Waals surface area contributed by atoms with Gasteiger partial charge in [0.1, 0.15) is 11.6 Å². The van der Waals surface area contributed by atoms with Crippen LogP contribution in [0.3, 0.4) is 0 Å². The molecule has 0 amide bonds. The van der Waals surface area contributed by atoms with Crippen LogP contribution in [-0.4, -0.2) is 19.8 Å². The molecular weight excluding hydrogens is 268 g/mol. The Labute approximate surface area is 94.7 Å². The summed E-state index contributed by atoms with van der Waals surface area (Å²) in [5.41, 5.74) is 0.0454. The second-order valence-electron chi connectivity index (χ2n) is 3.34. The summed E-state index contributed by atoms with van der Waals surface area (Å²) in [6, 6.07) is 2.20. The van der Waals surface area contributed by atoms with E-state index in [1.165, 1.54) is 12.1 Å². The van der Waals surface area contributed by atoms with Crippen LogP contribution in [0.4, 0.5) is 8.78 Å². The van der Waals surface area contributed by atoms with Gasteiger partial charge in [0.2, 0.25) is 0 Å². The Kier molecular flexibility index (Phi) is 3.33. The van der Waals surface area contributed by atoms with Crippen LogP contribution in [0.25, 0.3) is 0 Å². The van der Waals surface area contributed by atoms with E-state index >= 15 is 0 Å². The van der Waals surface area contributed by atoms with Gasteiger partial charge in [0.15, 0.2) is 0 Å². The van der Waals surface area contributed by atoms with Gasteiger partial charge in [-0.2, -0.15) is 0 Å². The minimum absolute atomic E-state index is 0.0454. The van der Waals surface area contributed by atoms with Crippen molar-refractivity contribution in [3.63, 3.8) is 0 Å². The zero-order valence-corrected chi connectivity index (χ0v) is 9.48. The van der Waals surface area contributed by atoms with Crippen molar-refractivity contribution in [2.45, 2.75) is 6.04 Å². The number of ether oxygens (including phenoxy) is 1. The Balaban J connectivity index is 2.36. The fraction of sp³-hybridized carbons (Fsp3) is 0.400. The van der Waals surface area contributed by atoms with E-state index in [1.54, 1.807) is 0 Å². The highest BCUT2D eigenvalue weighted by Crippen LogP contribution is 2.27. The second kappa shape index (κ2) is 4.55. The van der Waals surface area contributed by atoms with E-state index in [0.29, 0.717) is 19.8 Å². The average Bonchev–Trinajstić information content (AvgIpc) is 2.26. The van der Waals surface area contributed by atoms with E-state index in [4.69, 9.17) is 4.74 Å². The maximum atomic E-state index is 13.7. The molecule has 1 saturated heterocycles. The van der Waals surface area contributed by atoms with Crippen molar-refractivity contribution in [1.29, 1.82) is 0 Å². The van der Waals surface area contributed by atoms with Crippen LogP contribution in [0, 0.1) is 11.6 Å². The van der Waals surface area contributed by atoms with Crippen molar-refractivity contribution in [3.05, 3.63) is 33.8 Å². The number of benzene rings is 1. The Morgan fingerprint density at radius 3 is 2.87 bits per heavy atom. The van der Waals surface area contributed by atoms with Crippen molar-refractivity contribution in [2.75, 3.05) is 19.8 Å². The Morgan fingerprint density at radius 2 is 2.20 bits per heavy atom. The average molecular weight is 278 g/mol. The molecule has 1 heterocycles. The lowest BCUT2D eigenvalue weighted by atomic mass is 10.1. The first-order chi connectivity index (χ1) is 7.20. The van der Waals surface area contributed by atoms with Crippen LogP contribution < -0.4 is 5.32 Å². The molecule has 2 nitrogen and oxygen atoms in total. The molecule has 0 spiro atoms. The van der Waals surface area contributed by atoms with Crippen molar-refractivity contribution >= 4 is 15.9 Å². The fourth-order valence-electron chi connectivity index (χ4n) is 1.61. The summed E-state index contributed by atoms with van der Waals surface area (Å²) >= 11 is 3.04. The summed E-state index contributed by atoms with van der Waals surface area (Å²) in [6.45, 7) is 1.48. The van der Waals surface area contributed by atoms with E-state index < -0.39 is 17.7 Å². The van der Waals surface area contributed by atoms with Crippen LogP contribution in [0.5, 0.6) is 0 Å². The first-order valence-corrected chi connectivity index (χ1v) is 5.44. The Morgan fingerprint density at radius 1 is 1.40 bits per heavy atom. The molecule has 82 valence electrons. The number of halogens is 3. The number of hydrogen-bond donors (Lipinski definition) is 1. The summed E-state index contributed by atoms with van der Waals surface area (Å²) in [6.07, 6.45) is 0. The summed E-state index contributed by atoms with van der Waals surface area (Å²) in [7, 11) is 0. The predicted octanol–water partition coefficient (Wildman–Crippen LogP) is 2.39. The molecule has 0 aliphatic carbocycles. The Bertz CT molecular complexity index is 367. The van der Waals surface area contributed by atoms with E-state index in [-0.39, 0.29) is 10.0 Å². The zero-order chi connectivity index (χ0) is 10.8. The molecule has 1 aliphatic heterocycles. The minimum atomic E-state index is -0.557. The highest BCUT2D eigenvalue weighted by atomic mass is 79.9. The third-order valence-corrected chi connectivity index (χ3v) is 2.96. The van der Waals surface area contributed by atoms with E-state index in [1.807, 2.05) is 0 Å². The van der Waals surface area contributed by atoms with Gasteiger partial charge in [-0.1, -0.05) is 0 Å². The SMILES string of the molecule is Fc1ccc(Br)c(F)c1[C@H]1COCCN1. The summed E-state index contributed by atoms with van der Waals surface area (Å²) in [4.78, 5) is 0. The number of rotatable bonds is 1. The monoisotopic (exact) mass is 277 g/mol. The third-order valence-electron chi connectivity index (χ3n) is 2.35. The lowest BCUT2D eigenvalue weighted by Gasteiger charge is -2.25.